The van der Waals surface area contributed by atoms with Crippen molar-refractivity contribution in [3.05, 3.63) is 0 Å². The van der Waals surface area contributed by atoms with Gasteiger partial charge in [0.15, 0.2) is 0 Å². The van der Waals surface area contributed by atoms with Crippen molar-refractivity contribution < 1.29 is 20.5 Å². The van der Waals surface area contributed by atoms with Crippen molar-refractivity contribution in [1.82, 2.24) is 5.32 Å². The SMILES string of the molecule is CCS(=O)(=O)OS(=O)(=O)C(C)C1CNC1. The summed E-state index contributed by atoms with van der Waals surface area (Å²) in [6.45, 7) is 3.96. The van der Waals surface area contributed by atoms with Crippen LogP contribution in [0.1, 0.15) is 13.8 Å². The molecule has 0 radical (unpaired) electrons. The highest BCUT2D eigenvalue weighted by atomic mass is 32.3. The van der Waals surface area contributed by atoms with E-state index in [9.17, 15) is 16.8 Å². The monoisotopic (exact) mass is 257 g/mol. The lowest BCUT2D eigenvalue weighted by Gasteiger charge is -2.31. The minimum absolute atomic E-state index is 0.0675. The fourth-order valence-electron chi connectivity index (χ4n) is 1.13. The highest BCUT2D eigenvalue weighted by molar-refractivity contribution is 8.00. The molecule has 1 aliphatic rings. The standard InChI is InChI=1S/C7H15NO5S2/c1-3-14(9,10)13-15(11,12)6(2)7-4-8-5-7/h6-8H,3-5H2,1-2H3. The van der Waals surface area contributed by atoms with E-state index in [2.05, 4.69) is 8.95 Å². The molecule has 0 aliphatic carbocycles. The van der Waals surface area contributed by atoms with E-state index in [1.165, 1.54) is 13.8 Å². The summed E-state index contributed by atoms with van der Waals surface area (Å²) in [5, 5.41) is 2.13. The van der Waals surface area contributed by atoms with Crippen LogP contribution in [0.15, 0.2) is 0 Å². The molecule has 0 aromatic rings. The lowest BCUT2D eigenvalue weighted by atomic mass is 10.0. The van der Waals surface area contributed by atoms with Crippen LogP contribution in [-0.2, 0) is 23.9 Å². The van der Waals surface area contributed by atoms with Gasteiger partial charge in [-0.1, -0.05) is 0 Å². The van der Waals surface area contributed by atoms with E-state index < -0.39 is 25.5 Å². The first-order valence-corrected chi connectivity index (χ1v) is 7.71. The van der Waals surface area contributed by atoms with Crippen LogP contribution in [0.2, 0.25) is 0 Å². The van der Waals surface area contributed by atoms with Gasteiger partial charge in [0.2, 0.25) is 0 Å². The molecule has 0 aromatic heterocycles. The van der Waals surface area contributed by atoms with Crippen molar-refractivity contribution in [2.75, 3.05) is 18.8 Å². The Morgan fingerprint density at radius 2 is 1.87 bits per heavy atom. The minimum Gasteiger partial charge on any atom is -0.316 e. The highest BCUT2D eigenvalue weighted by Gasteiger charge is 2.36. The summed E-state index contributed by atoms with van der Waals surface area (Å²) in [5.74, 6) is -0.413. The molecule has 0 aromatic carbocycles. The first-order valence-electron chi connectivity index (χ1n) is 4.67. The molecule has 0 saturated carbocycles. The van der Waals surface area contributed by atoms with E-state index in [4.69, 9.17) is 0 Å². The summed E-state index contributed by atoms with van der Waals surface area (Å²) in [5.41, 5.74) is 0. The van der Waals surface area contributed by atoms with Crippen LogP contribution in [0.3, 0.4) is 0 Å². The van der Waals surface area contributed by atoms with Gasteiger partial charge in [-0.05, 0) is 13.8 Å². The average molecular weight is 257 g/mol. The van der Waals surface area contributed by atoms with Gasteiger partial charge >= 0.3 is 0 Å². The minimum atomic E-state index is -4.02. The molecule has 15 heavy (non-hydrogen) atoms. The van der Waals surface area contributed by atoms with E-state index in [0.717, 1.165) is 0 Å². The summed E-state index contributed by atoms with van der Waals surface area (Å²) < 4.78 is 49.3. The molecule has 1 saturated heterocycles. The fourth-order valence-corrected chi connectivity index (χ4v) is 3.83. The lowest BCUT2D eigenvalue weighted by Crippen LogP contribution is -2.50. The third-order valence-corrected chi connectivity index (χ3v) is 6.08. The number of nitrogens with one attached hydrogen (secondary N) is 1. The van der Waals surface area contributed by atoms with Gasteiger partial charge in [-0.15, -0.1) is 3.63 Å². The first-order chi connectivity index (χ1) is 6.78. The van der Waals surface area contributed by atoms with Crippen molar-refractivity contribution in [3.63, 3.8) is 0 Å². The van der Waals surface area contributed by atoms with E-state index >= 15 is 0 Å². The van der Waals surface area contributed by atoms with Gasteiger partial charge in [-0.2, -0.15) is 16.8 Å². The van der Waals surface area contributed by atoms with Gasteiger partial charge in [-0.3, -0.25) is 0 Å². The molecule has 6 nitrogen and oxygen atoms in total. The average Bonchev–Trinajstić information content (AvgIpc) is 1.99. The Balaban J connectivity index is 2.74. The normalized spacial score (nSPS) is 20.9. The zero-order valence-electron chi connectivity index (χ0n) is 8.63. The van der Waals surface area contributed by atoms with Gasteiger partial charge in [0.1, 0.15) is 0 Å². The Labute approximate surface area is 90.3 Å². The Kier molecular flexibility index (Phi) is 3.75. The summed E-state index contributed by atoms with van der Waals surface area (Å²) >= 11 is 0. The molecule has 1 unspecified atom stereocenters. The summed E-state index contributed by atoms with van der Waals surface area (Å²) in [6.07, 6.45) is 0. The second-order valence-corrected chi connectivity index (χ2v) is 7.50. The molecular weight excluding hydrogens is 242 g/mol. The van der Waals surface area contributed by atoms with Crippen molar-refractivity contribution in [2.45, 2.75) is 19.1 Å². The number of rotatable bonds is 5. The summed E-state index contributed by atoms with van der Waals surface area (Å²) in [4.78, 5) is 0. The first kappa shape index (κ1) is 12.9. The Morgan fingerprint density at radius 1 is 1.33 bits per heavy atom. The van der Waals surface area contributed by atoms with E-state index in [1.54, 1.807) is 0 Å². The molecule has 1 aliphatic heterocycles. The molecule has 90 valence electrons. The molecule has 1 atom stereocenters. The zero-order chi connectivity index (χ0) is 11.7. The topological polar surface area (TPSA) is 89.5 Å². The van der Waals surface area contributed by atoms with Crippen molar-refractivity contribution in [1.29, 1.82) is 0 Å². The molecule has 0 spiro atoms. The van der Waals surface area contributed by atoms with Crippen LogP contribution in [-0.4, -0.2) is 40.9 Å². The van der Waals surface area contributed by atoms with Gasteiger partial charge in [0.05, 0.1) is 11.0 Å². The maximum Gasteiger partial charge on any atom is 0.284 e. The molecule has 0 amide bonds. The molecular formula is C7H15NO5S2. The third kappa shape index (κ3) is 3.13. The van der Waals surface area contributed by atoms with E-state index in [1.807, 2.05) is 0 Å². The molecule has 1 rings (SSSR count). The van der Waals surface area contributed by atoms with Gasteiger partial charge in [0, 0.05) is 19.0 Å². The largest absolute Gasteiger partial charge is 0.316 e. The smallest absolute Gasteiger partial charge is 0.284 e. The fraction of sp³-hybridized carbons (Fsp3) is 1.00. The Bertz CT molecular complexity index is 409. The molecule has 1 fully saturated rings. The molecule has 0 bridgehead atoms. The van der Waals surface area contributed by atoms with Gasteiger partial charge in [-0.25, -0.2) is 0 Å². The van der Waals surface area contributed by atoms with Crippen LogP contribution >= 0.6 is 0 Å². The maximum absolute atomic E-state index is 11.5. The summed E-state index contributed by atoms with van der Waals surface area (Å²) in [7, 11) is -7.97. The van der Waals surface area contributed by atoms with Gasteiger partial charge < -0.3 is 5.32 Å². The van der Waals surface area contributed by atoms with Crippen LogP contribution in [0.4, 0.5) is 0 Å². The quantitative estimate of drug-likeness (QED) is 0.700. The zero-order valence-corrected chi connectivity index (χ0v) is 10.3. The van der Waals surface area contributed by atoms with Crippen molar-refractivity contribution in [3.8, 4) is 0 Å². The number of hydrogen-bond donors (Lipinski definition) is 1. The molecule has 8 heteroatoms. The third-order valence-electron chi connectivity index (χ3n) is 2.48. The maximum atomic E-state index is 11.5. The predicted molar refractivity (Wildman–Crippen MR) is 55.3 cm³/mol. The summed E-state index contributed by atoms with van der Waals surface area (Å²) in [6, 6.07) is 0. The Hall–Kier alpha value is -0.180. The highest BCUT2D eigenvalue weighted by Crippen LogP contribution is 2.19. The van der Waals surface area contributed by atoms with Crippen LogP contribution in [0.5, 0.6) is 0 Å². The second-order valence-electron chi connectivity index (χ2n) is 3.53. The van der Waals surface area contributed by atoms with Crippen LogP contribution in [0, 0.1) is 5.92 Å². The lowest BCUT2D eigenvalue weighted by molar-refractivity contribution is 0.326. The van der Waals surface area contributed by atoms with Crippen LogP contribution < -0.4 is 5.32 Å². The van der Waals surface area contributed by atoms with E-state index in [-0.39, 0.29) is 11.7 Å². The van der Waals surface area contributed by atoms with Gasteiger partial charge in [0.25, 0.3) is 20.2 Å². The molecule has 1 N–H and O–H groups in total. The van der Waals surface area contributed by atoms with Crippen molar-refractivity contribution in [2.24, 2.45) is 5.92 Å². The van der Waals surface area contributed by atoms with Crippen LogP contribution in [0.25, 0.3) is 0 Å². The van der Waals surface area contributed by atoms with E-state index in [0.29, 0.717) is 13.1 Å². The second kappa shape index (κ2) is 4.36. The molecule has 1 heterocycles. The Morgan fingerprint density at radius 3 is 2.20 bits per heavy atom. The van der Waals surface area contributed by atoms with Crippen molar-refractivity contribution >= 4 is 20.2 Å². The number of hydrogen-bond acceptors (Lipinski definition) is 6. The predicted octanol–water partition coefficient (Wildman–Crippen LogP) is -0.710.